The van der Waals surface area contributed by atoms with E-state index in [1.54, 1.807) is 10.9 Å². The fourth-order valence-corrected chi connectivity index (χ4v) is 1.74. The molecular weight excluding hydrogens is 263 g/mol. The molecule has 106 valence electrons. The summed E-state index contributed by atoms with van der Waals surface area (Å²) >= 11 is 0. The van der Waals surface area contributed by atoms with E-state index in [0.717, 1.165) is 5.56 Å². The summed E-state index contributed by atoms with van der Waals surface area (Å²) in [5, 5.41) is 6.66. The Morgan fingerprint density at radius 3 is 3.00 bits per heavy atom. The van der Waals surface area contributed by atoms with E-state index in [9.17, 15) is 9.18 Å². The first-order valence-electron chi connectivity index (χ1n) is 5.98. The van der Waals surface area contributed by atoms with Crippen LogP contribution in [0.4, 0.5) is 10.2 Å². The van der Waals surface area contributed by atoms with Crippen molar-refractivity contribution < 1.29 is 9.18 Å². The van der Waals surface area contributed by atoms with E-state index in [1.807, 2.05) is 13.2 Å². The van der Waals surface area contributed by atoms with Gasteiger partial charge in [0.2, 0.25) is 0 Å². The van der Waals surface area contributed by atoms with Crippen LogP contribution in [0.15, 0.2) is 24.7 Å². The molecule has 2 rings (SSSR count). The molecule has 7 nitrogen and oxygen atoms in total. The standard InChI is InChI=1S/C12H15FN6O/c1-19-7-8(6-17-19)2-4-16-12(20)9-3-5-15-11(18-14)10(9)13/h3,5-7H,2,4,14H2,1H3,(H,15,18)(H,16,20). The minimum Gasteiger partial charge on any atom is -0.352 e. The lowest BCUT2D eigenvalue weighted by molar-refractivity contribution is 0.0950. The van der Waals surface area contributed by atoms with Gasteiger partial charge in [-0.3, -0.25) is 9.48 Å². The second-order valence-corrected chi connectivity index (χ2v) is 4.19. The molecule has 0 atom stereocenters. The third-order valence-corrected chi connectivity index (χ3v) is 2.73. The van der Waals surface area contributed by atoms with E-state index in [-0.39, 0.29) is 11.4 Å². The largest absolute Gasteiger partial charge is 0.352 e. The molecule has 0 bridgehead atoms. The molecular formula is C12H15FN6O. The van der Waals surface area contributed by atoms with Gasteiger partial charge in [-0.25, -0.2) is 15.2 Å². The van der Waals surface area contributed by atoms with Crippen LogP contribution >= 0.6 is 0 Å². The molecule has 2 heterocycles. The molecule has 2 aromatic rings. The van der Waals surface area contributed by atoms with Crippen molar-refractivity contribution in [1.82, 2.24) is 20.1 Å². The Morgan fingerprint density at radius 1 is 1.55 bits per heavy atom. The predicted molar refractivity (Wildman–Crippen MR) is 71.3 cm³/mol. The summed E-state index contributed by atoms with van der Waals surface area (Å²) in [6.45, 7) is 0.387. The Bertz CT molecular complexity index is 612. The van der Waals surface area contributed by atoms with Gasteiger partial charge in [0.15, 0.2) is 11.6 Å². The molecule has 0 aliphatic heterocycles. The number of nitrogens with two attached hydrogens (primary N) is 1. The molecule has 0 fully saturated rings. The molecule has 0 unspecified atom stereocenters. The van der Waals surface area contributed by atoms with Gasteiger partial charge in [-0.05, 0) is 18.1 Å². The van der Waals surface area contributed by atoms with Crippen LogP contribution in [0.3, 0.4) is 0 Å². The van der Waals surface area contributed by atoms with Crippen molar-refractivity contribution in [1.29, 1.82) is 0 Å². The van der Waals surface area contributed by atoms with E-state index in [1.165, 1.54) is 12.3 Å². The van der Waals surface area contributed by atoms with Gasteiger partial charge in [-0.15, -0.1) is 0 Å². The van der Waals surface area contributed by atoms with Crippen molar-refractivity contribution in [2.75, 3.05) is 12.0 Å². The minimum absolute atomic E-state index is 0.0980. The number of hydrogen-bond acceptors (Lipinski definition) is 5. The Kier molecular flexibility index (Phi) is 4.26. The van der Waals surface area contributed by atoms with Crippen molar-refractivity contribution >= 4 is 11.7 Å². The number of nitrogen functional groups attached to an aromatic ring is 1. The summed E-state index contributed by atoms with van der Waals surface area (Å²) in [7, 11) is 1.82. The monoisotopic (exact) mass is 278 g/mol. The Labute approximate surface area is 115 Å². The van der Waals surface area contributed by atoms with Crippen molar-refractivity contribution in [3.05, 3.63) is 41.6 Å². The van der Waals surface area contributed by atoms with Crippen LogP contribution in [0.25, 0.3) is 0 Å². The molecule has 4 N–H and O–H groups in total. The van der Waals surface area contributed by atoms with Crippen LogP contribution < -0.4 is 16.6 Å². The minimum atomic E-state index is -0.770. The third-order valence-electron chi connectivity index (χ3n) is 2.73. The number of pyridine rings is 1. The van der Waals surface area contributed by atoms with Crippen molar-refractivity contribution in [2.24, 2.45) is 12.9 Å². The van der Waals surface area contributed by atoms with E-state index >= 15 is 0 Å². The lowest BCUT2D eigenvalue weighted by atomic mass is 10.2. The Balaban J connectivity index is 1.95. The van der Waals surface area contributed by atoms with Gasteiger partial charge in [0.1, 0.15) is 0 Å². The molecule has 0 radical (unpaired) electrons. The second-order valence-electron chi connectivity index (χ2n) is 4.19. The van der Waals surface area contributed by atoms with Crippen LogP contribution in [0.1, 0.15) is 15.9 Å². The van der Waals surface area contributed by atoms with Gasteiger partial charge in [-0.2, -0.15) is 5.10 Å². The van der Waals surface area contributed by atoms with Gasteiger partial charge in [-0.1, -0.05) is 0 Å². The number of nitrogens with one attached hydrogen (secondary N) is 2. The maximum Gasteiger partial charge on any atom is 0.254 e. The van der Waals surface area contributed by atoms with E-state index in [4.69, 9.17) is 5.84 Å². The van der Waals surface area contributed by atoms with Gasteiger partial charge >= 0.3 is 0 Å². The summed E-state index contributed by atoms with van der Waals surface area (Å²) in [6.07, 6.45) is 5.51. The highest BCUT2D eigenvalue weighted by molar-refractivity contribution is 5.95. The highest BCUT2D eigenvalue weighted by atomic mass is 19.1. The Morgan fingerprint density at radius 2 is 2.35 bits per heavy atom. The number of carbonyl (C=O) groups excluding carboxylic acids is 1. The maximum atomic E-state index is 13.8. The number of anilines is 1. The summed E-state index contributed by atoms with van der Waals surface area (Å²) < 4.78 is 15.5. The van der Waals surface area contributed by atoms with Crippen LogP contribution in [0.2, 0.25) is 0 Å². The van der Waals surface area contributed by atoms with Gasteiger partial charge in [0.05, 0.1) is 11.8 Å². The molecule has 8 heteroatoms. The zero-order valence-corrected chi connectivity index (χ0v) is 10.9. The lowest BCUT2D eigenvalue weighted by Gasteiger charge is -2.07. The number of aromatic nitrogens is 3. The SMILES string of the molecule is Cn1cc(CCNC(=O)c2ccnc(NN)c2F)cn1. The molecule has 0 aromatic carbocycles. The zero-order valence-electron chi connectivity index (χ0n) is 10.9. The summed E-state index contributed by atoms with van der Waals surface area (Å²) in [5.74, 6) is 3.66. The third kappa shape index (κ3) is 3.09. The number of hydrazine groups is 1. The predicted octanol–water partition coefficient (Wildman–Crippen LogP) is 0.212. The van der Waals surface area contributed by atoms with Gasteiger partial charge < -0.3 is 10.7 Å². The highest BCUT2D eigenvalue weighted by Crippen LogP contribution is 2.13. The van der Waals surface area contributed by atoms with E-state index in [0.29, 0.717) is 13.0 Å². The average molecular weight is 278 g/mol. The van der Waals surface area contributed by atoms with Crippen molar-refractivity contribution in [3.63, 3.8) is 0 Å². The average Bonchev–Trinajstić information content (AvgIpc) is 2.84. The quantitative estimate of drug-likeness (QED) is 0.536. The first-order chi connectivity index (χ1) is 9.61. The van der Waals surface area contributed by atoms with Crippen LogP contribution in [0, 0.1) is 5.82 Å². The van der Waals surface area contributed by atoms with Gasteiger partial charge in [0, 0.05) is 26.0 Å². The highest BCUT2D eigenvalue weighted by Gasteiger charge is 2.15. The van der Waals surface area contributed by atoms with Crippen LogP contribution in [-0.2, 0) is 13.5 Å². The molecule has 2 aromatic heterocycles. The molecule has 1 amide bonds. The van der Waals surface area contributed by atoms with Crippen LogP contribution in [0.5, 0.6) is 0 Å². The maximum absolute atomic E-state index is 13.8. The number of amides is 1. The molecule has 0 spiro atoms. The topological polar surface area (TPSA) is 97.9 Å². The smallest absolute Gasteiger partial charge is 0.254 e. The van der Waals surface area contributed by atoms with Crippen molar-refractivity contribution in [2.45, 2.75) is 6.42 Å². The van der Waals surface area contributed by atoms with E-state index in [2.05, 4.69) is 20.8 Å². The summed E-state index contributed by atoms with van der Waals surface area (Å²) in [5.41, 5.74) is 2.99. The van der Waals surface area contributed by atoms with Gasteiger partial charge in [0.25, 0.3) is 5.91 Å². The number of aryl methyl sites for hydroxylation is 1. The van der Waals surface area contributed by atoms with Crippen molar-refractivity contribution in [3.8, 4) is 0 Å². The lowest BCUT2D eigenvalue weighted by Crippen LogP contribution is -2.27. The first kappa shape index (κ1) is 13.9. The molecule has 0 aliphatic carbocycles. The number of halogens is 1. The molecule has 0 aliphatic rings. The fraction of sp³-hybridized carbons (Fsp3) is 0.250. The normalized spacial score (nSPS) is 10.3. The zero-order chi connectivity index (χ0) is 14.5. The fourth-order valence-electron chi connectivity index (χ4n) is 1.74. The van der Waals surface area contributed by atoms with E-state index < -0.39 is 11.7 Å². The molecule has 0 saturated heterocycles. The second kappa shape index (κ2) is 6.11. The number of nitrogens with zero attached hydrogens (tertiary/aromatic N) is 3. The number of rotatable bonds is 5. The first-order valence-corrected chi connectivity index (χ1v) is 5.98. The number of carbonyl (C=O) groups is 1. The van der Waals surface area contributed by atoms with Crippen LogP contribution in [-0.4, -0.2) is 27.2 Å². The number of hydrogen-bond donors (Lipinski definition) is 3. The molecule has 0 saturated carbocycles. The Hall–Kier alpha value is -2.48. The summed E-state index contributed by atoms with van der Waals surface area (Å²) in [6, 6.07) is 1.30. The summed E-state index contributed by atoms with van der Waals surface area (Å²) in [4.78, 5) is 15.5. The molecule has 20 heavy (non-hydrogen) atoms.